The fraction of sp³-hybridized carbons (Fsp3) is 0.429. The van der Waals surface area contributed by atoms with Gasteiger partial charge in [-0.15, -0.1) is 0 Å². The minimum Gasteiger partial charge on any atom is -0.497 e. The number of nitrogens with zero attached hydrogens (tertiary/aromatic N) is 1. The molecule has 0 bridgehead atoms. The minimum atomic E-state index is -1.13. The lowest BCUT2D eigenvalue weighted by Gasteiger charge is -2.20. The molecule has 7 heteroatoms. The Bertz CT molecular complexity index is 517. The van der Waals surface area contributed by atoms with Gasteiger partial charge >= 0.3 is 12.0 Å². The number of methoxy groups -OCH3 is 1. The van der Waals surface area contributed by atoms with Crippen molar-refractivity contribution in [2.24, 2.45) is 0 Å². The summed E-state index contributed by atoms with van der Waals surface area (Å²) in [7, 11) is 5.27. The van der Waals surface area contributed by atoms with Gasteiger partial charge in [0.1, 0.15) is 5.75 Å². The SMILES string of the molecule is COc1ccc(NC(=O)NCC(C)N(C)C)c(C(=O)O)c1. The van der Waals surface area contributed by atoms with Crippen molar-refractivity contribution in [2.45, 2.75) is 13.0 Å². The summed E-state index contributed by atoms with van der Waals surface area (Å²) in [5.41, 5.74) is 0.198. The molecule has 1 aromatic rings. The van der Waals surface area contributed by atoms with E-state index in [-0.39, 0.29) is 17.3 Å². The van der Waals surface area contributed by atoms with Crippen LogP contribution in [0.2, 0.25) is 0 Å². The maximum atomic E-state index is 11.8. The number of likely N-dealkylation sites (N-methyl/N-ethyl adjacent to an activating group) is 1. The van der Waals surface area contributed by atoms with Gasteiger partial charge in [-0.3, -0.25) is 0 Å². The summed E-state index contributed by atoms with van der Waals surface area (Å²) >= 11 is 0. The molecule has 1 unspecified atom stereocenters. The lowest BCUT2D eigenvalue weighted by molar-refractivity contribution is 0.0697. The van der Waals surface area contributed by atoms with Crippen molar-refractivity contribution in [2.75, 3.05) is 33.1 Å². The van der Waals surface area contributed by atoms with Gasteiger partial charge in [0.15, 0.2) is 0 Å². The molecule has 0 aliphatic rings. The zero-order valence-corrected chi connectivity index (χ0v) is 12.6. The van der Waals surface area contributed by atoms with Crippen LogP contribution in [0.25, 0.3) is 0 Å². The van der Waals surface area contributed by atoms with E-state index < -0.39 is 12.0 Å². The second-order valence-corrected chi connectivity index (χ2v) is 4.86. The number of hydrogen-bond donors (Lipinski definition) is 3. The third-order valence-corrected chi connectivity index (χ3v) is 3.14. The normalized spacial score (nSPS) is 11.9. The molecule has 1 aromatic carbocycles. The second-order valence-electron chi connectivity index (χ2n) is 4.86. The van der Waals surface area contributed by atoms with Gasteiger partial charge in [0.2, 0.25) is 0 Å². The van der Waals surface area contributed by atoms with Crippen LogP contribution < -0.4 is 15.4 Å². The van der Waals surface area contributed by atoms with Crippen LogP contribution in [-0.4, -0.2) is 55.8 Å². The number of aromatic carboxylic acids is 1. The molecule has 7 nitrogen and oxygen atoms in total. The highest BCUT2D eigenvalue weighted by molar-refractivity contribution is 6.00. The first kappa shape index (κ1) is 16.8. The van der Waals surface area contributed by atoms with E-state index in [4.69, 9.17) is 9.84 Å². The third kappa shape index (κ3) is 4.96. The number of urea groups is 1. The molecule has 1 rings (SSSR count). The van der Waals surface area contributed by atoms with Crippen LogP contribution in [0.15, 0.2) is 18.2 Å². The van der Waals surface area contributed by atoms with Crippen LogP contribution in [0, 0.1) is 0 Å². The number of ether oxygens (including phenoxy) is 1. The van der Waals surface area contributed by atoms with Gasteiger partial charge in [-0.2, -0.15) is 0 Å². The van der Waals surface area contributed by atoms with E-state index in [1.165, 1.54) is 19.2 Å². The molecule has 0 aromatic heterocycles. The number of nitrogens with one attached hydrogen (secondary N) is 2. The first-order valence-corrected chi connectivity index (χ1v) is 6.47. The number of rotatable bonds is 6. The highest BCUT2D eigenvalue weighted by atomic mass is 16.5. The average Bonchev–Trinajstić information content (AvgIpc) is 2.44. The van der Waals surface area contributed by atoms with Crippen molar-refractivity contribution in [3.63, 3.8) is 0 Å². The first-order valence-electron chi connectivity index (χ1n) is 6.47. The predicted octanol–water partition coefficient (Wildman–Crippen LogP) is 1.47. The largest absolute Gasteiger partial charge is 0.497 e. The Hall–Kier alpha value is -2.28. The first-order chi connectivity index (χ1) is 9.85. The Kier molecular flexibility index (Phi) is 5.98. The van der Waals surface area contributed by atoms with E-state index in [1.54, 1.807) is 6.07 Å². The topological polar surface area (TPSA) is 90.9 Å². The Morgan fingerprint density at radius 1 is 1.38 bits per heavy atom. The van der Waals surface area contributed by atoms with Gasteiger partial charge in [0.05, 0.1) is 18.4 Å². The minimum absolute atomic E-state index is 0.0230. The van der Waals surface area contributed by atoms with Gasteiger partial charge in [0.25, 0.3) is 0 Å². The van der Waals surface area contributed by atoms with Crippen LogP contribution in [0.5, 0.6) is 5.75 Å². The van der Waals surface area contributed by atoms with Crippen molar-refractivity contribution in [3.05, 3.63) is 23.8 Å². The van der Waals surface area contributed by atoms with Crippen molar-refractivity contribution >= 4 is 17.7 Å². The van der Waals surface area contributed by atoms with Crippen LogP contribution in [0.1, 0.15) is 17.3 Å². The van der Waals surface area contributed by atoms with E-state index in [2.05, 4.69) is 10.6 Å². The fourth-order valence-electron chi connectivity index (χ4n) is 1.53. The van der Waals surface area contributed by atoms with Gasteiger partial charge in [-0.05, 0) is 39.2 Å². The summed E-state index contributed by atoms with van der Waals surface area (Å²) in [6.07, 6.45) is 0. The average molecular weight is 295 g/mol. The molecule has 21 heavy (non-hydrogen) atoms. The van der Waals surface area contributed by atoms with E-state index >= 15 is 0 Å². The molecule has 0 aliphatic heterocycles. The van der Waals surface area contributed by atoms with Crippen molar-refractivity contribution in [1.29, 1.82) is 0 Å². The molecule has 0 saturated carbocycles. The molecule has 0 aliphatic carbocycles. The second kappa shape index (κ2) is 7.49. The van der Waals surface area contributed by atoms with E-state index in [9.17, 15) is 9.59 Å². The summed E-state index contributed by atoms with van der Waals surface area (Å²) in [6, 6.07) is 4.17. The smallest absolute Gasteiger partial charge is 0.337 e. The molecule has 0 radical (unpaired) electrons. The lowest BCUT2D eigenvalue weighted by Crippen LogP contribution is -2.40. The molecular weight excluding hydrogens is 274 g/mol. The summed E-state index contributed by atoms with van der Waals surface area (Å²) in [5, 5.41) is 14.4. The molecule has 3 N–H and O–H groups in total. The lowest BCUT2D eigenvalue weighted by atomic mass is 10.1. The summed E-state index contributed by atoms with van der Waals surface area (Å²) in [4.78, 5) is 25.0. The Morgan fingerprint density at radius 3 is 2.57 bits per heavy atom. The molecule has 0 spiro atoms. The van der Waals surface area contributed by atoms with Crippen LogP contribution in [0.4, 0.5) is 10.5 Å². The van der Waals surface area contributed by atoms with Crippen molar-refractivity contribution in [1.82, 2.24) is 10.2 Å². The number of carbonyl (C=O) groups is 2. The molecule has 0 fully saturated rings. The zero-order chi connectivity index (χ0) is 16.0. The molecule has 0 saturated heterocycles. The molecular formula is C14H21N3O4. The molecule has 116 valence electrons. The van der Waals surface area contributed by atoms with Crippen LogP contribution >= 0.6 is 0 Å². The number of anilines is 1. The zero-order valence-electron chi connectivity index (χ0n) is 12.6. The Balaban J connectivity index is 2.74. The van der Waals surface area contributed by atoms with Crippen molar-refractivity contribution < 1.29 is 19.4 Å². The number of carbonyl (C=O) groups excluding carboxylic acids is 1. The van der Waals surface area contributed by atoms with Gasteiger partial charge < -0.3 is 25.4 Å². The number of amides is 2. The quantitative estimate of drug-likeness (QED) is 0.739. The Morgan fingerprint density at radius 2 is 2.05 bits per heavy atom. The van der Waals surface area contributed by atoms with Gasteiger partial charge in [-0.1, -0.05) is 0 Å². The predicted molar refractivity (Wildman–Crippen MR) is 80.1 cm³/mol. The highest BCUT2D eigenvalue weighted by Crippen LogP contribution is 2.22. The number of carboxylic acid groups (broad SMARTS) is 1. The molecule has 2 amide bonds. The van der Waals surface area contributed by atoms with Crippen molar-refractivity contribution in [3.8, 4) is 5.75 Å². The molecule has 1 atom stereocenters. The summed E-state index contributed by atoms with van der Waals surface area (Å²) in [6.45, 7) is 2.42. The highest BCUT2D eigenvalue weighted by Gasteiger charge is 2.14. The number of carboxylic acids is 1. The monoisotopic (exact) mass is 295 g/mol. The molecule has 0 heterocycles. The third-order valence-electron chi connectivity index (χ3n) is 3.14. The standard InChI is InChI=1S/C14H21N3O4/c1-9(17(2)3)8-15-14(20)16-12-6-5-10(21-4)7-11(12)13(18)19/h5-7,9H,8H2,1-4H3,(H,18,19)(H2,15,16,20). The maximum Gasteiger partial charge on any atom is 0.337 e. The summed E-state index contributed by atoms with van der Waals surface area (Å²) in [5.74, 6) is -0.717. The van der Waals surface area contributed by atoms with E-state index in [0.29, 0.717) is 12.3 Å². The fourth-order valence-corrected chi connectivity index (χ4v) is 1.53. The summed E-state index contributed by atoms with van der Waals surface area (Å²) < 4.78 is 4.97. The van der Waals surface area contributed by atoms with E-state index in [0.717, 1.165) is 0 Å². The maximum absolute atomic E-state index is 11.8. The van der Waals surface area contributed by atoms with Crippen LogP contribution in [-0.2, 0) is 0 Å². The van der Waals surface area contributed by atoms with Gasteiger partial charge in [-0.25, -0.2) is 9.59 Å². The van der Waals surface area contributed by atoms with E-state index in [1.807, 2.05) is 25.9 Å². The van der Waals surface area contributed by atoms with Gasteiger partial charge in [0, 0.05) is 12.6 Å². The number of benzene rings is 1. The van der Waals surface area contributed by atoms with Crippen LogP contribution in [0.3, 0.4) is 0 Å². The number of hydrogen-bond acceptors (Lipinski definition) is 4. The Labute approximate surface area is 123 Å².